The number of rotatable bonds is 4. The van der Waals surface area contributed by atoms with E-state index in [1.54, 1.807) is 29.8 Å². The third kappa shape index (κ3) is 2.84. The molecule has 106 valence electrons. The number of anilines is 1. The van der Waals surface area contributed by atoms with Crippen molar-refractivity contribution in [3.63, 3.8) is 0 Å². The molecule has 0 spiro atoms. The first-order valence-corrected chi connectivity index (χ1v) is 6.60. The zero-order chi connectivity index (χ0) is 14.2. The van der Waals surface area contributed by atoms with Crippen LogP contribution in [0.3, 0.4) is 0 Å². The molecule has 0 bridgehead atoms. The number of aromatic nitrogens is 2. The van der Waals surface area contributed by atoms with Crippen molar-refractivity contribution in [1.29, 1.82) is 0 Å². The summed E-state index contributed by atoms with van der Waals surface area (Å²) < 4.78 is 39.5. The molecule has 1 N–H and O–H groups in total. The van der Waals surface area contributed by atoms with Crippen LogP contribution in [0.4, 0.5) is 19.0 Å². The molecule has 0 aromatic carbocycles. The molecule has 0 aliphatic heterocycles. The number of aliphatic hydroxyl groups excluding tert-OH is 1. The van der Waals surface area contributed by atoms with Gasteiger partial charge >= 0.3 is 6.18 Å². The van der Waals surface area contributed by atoms with E-state index in [9.17, 15) is 18.3 Å². The lowest BCUT2D eigenvalue weighted by Crippen LogP contribution is -2.40. The average Bonchev–Trinajstić information content (AvgIpc) is 2.83. The Morgan fingerprint density at radius 2 is 2.16 bits per heavy atom. The fourth-order valence-corrected chi connectivity index (χ4v) is 2.62. The van der Waals surface area contributed by atoms with Gasteiger partial charge in [0.15, 0.2) is 10.8 Å². The number of fused-ring (bicyclic) bond motifs is 1. The second-order valence-corrected chi connectivity index (χ2v) is 5.31. The van der Waals surface area contributed by atoms with Crippen molar-refractivity contribution in [2.24, 2.45) is 0 Å². The molecule has 0 saturated carbocycles. The average molecular weight is 293 g/mol. The second kappa shape index (κ2) is 5.01. The minimum absolute atomic E-state index is 0.196. The molecule has 0 aliphatic carbocycles. The highest BCUT2D eigenvalue weighted by Gasteiger charge is 2.34. The van der Waals surface area contributed by atoms with E-state index in [2.05, 4.69) is 4.98 Å². The number of alkyl halides is 3. The number of imidazole rings is 1. The van der Waals surface area contributed by atoms with Gasteiger partial charge in [-0.2, -0.15) is 13.2 Å². The summed E-state index contributed by atoms with van der Waals surface area (Å²) in [6, 6.07) is -0.364. The molecule has 2 heterocycles. The van der Waals surface area contributed by atoms with Gasteiger partial charge in [-0.25, -0.2) is 4.98 Å². The number of nitrogens with zero attached hydrogens (tertiary/aromatic N) is 3. The third-order valence-corrected chi connectivity index (χ3v) is 3.49. The topological polar surface area (TPSA) is 40.8 Å². The number of hydrogen-bond donors (Lipinski definition) is 1. The highest BCUT2D eigenvalue weighted by atomic mass is 32.1. The van der Waals surface area contributed by atoms with E-state index >= 15 is 0 Å². The van der Waals surface area contributed by atoms with Crippen LogP contribution < -0.4 is 4.90 Å². The predicted molar refractivity (Wildman–Crippen MR) is 67.5 cm³/mol. The molecule has 8 heteroatoms. The van der Waals surface area contributed by atoms with Gasteiger partial charge < -0.3 is 10.0 Å². The van der Waals surface area contributed by atoms with Crippen LogP contribution in [0.15, 0.2) is 11.6 Å². The summed E-state index contributed by atoms with van der Waals surface area (Å²) in [4.78, 5) is 5.93. The molecule has 0 aliphatic rings. The predicted octanol–water partition coefficient (Wildman–Crippen LogP) is 2.67. The van der Waals surface area contributed by atoms with Crippen molar-refractivity contribution in [1.82, 2.24) is 9.38 Å². The van der Waals surface area contributed by atoms with Crippen LogP contribution in [0.5, 0.6) is 0 Å². The number of aliphatic hydroxyl groups is 1. The first-order chi connectivity index (χ1) is 8.83. The quantitative estimate of drug-likeness (QED) is 0.942. The molecule has 0 unspecified atom stereocenters. The minimum Gasteiger partial charge on any atom is -0.390 e. The van der Waals surface area contributed by atoms with E-state index in [0.29, 0.717) is 10.7 Å². The van der Waals surface area contributed by atoms with Crippen LogP contribution in [0.2, 0.25) is 0 Å². The Labute approximate surface area is 112 Å². The van der Waals surface area contributed by atoms with Crippen LogP contribution in [-0.4, -0.2) is 33.3 Å². The van der Waals surface area contributed by atoms with Crippen molar-refractivity contribution >= 4 is 22.1 Å². The Morgan fingerprint density at radius 1 is 1.47 bits per heavy atom. The van der Waals surface area contributed by atoms with E-state index < -0.39 is 12.7 Å². The van der Waals surface area contributed by atoms with Crippen molar-refractivity contribution in [3.8, 4) is 0 Å². The molecule has 4 nitrogen and oxygen atoms in total. The smallest absolute Gasteiger partial charge is 0.390 e. The largest absolute Gasteiger partial charge is 0.405 e. The minimum atomic E-state index is -4.31. The molecular weight excluding hydrogens is 279 g/mol. The van der Waals surface area contributed by atoms with E-state index in [4.69, 9.17) is 0 Å². The summed E-state index contributed by atoms with van der Waals surface area (Å²) in [6.45, 7) is 1.90. The summed E-state index contributed by atoms with van der Waals surface area (Å²) in [7, 11) is 0. The van der Waals surface area contributed by atoms with Gasteiger partial charge in [0.1, 0.15) is 6.54 Å². The summed E-state index contributed by atoms with van der Waals surface area (Å²) in [5, 5.41) is 11.2. The number of thiazole rings is 1. The first kappa shape index (κ1) is 14.1. The highest BCUT2D eigenvalue weighted by molar-refractivity contribution is 7.15. The maximum atomic E-state index is 12.6. The Morgan fingerprint density at radius 3 is 2.68 bits per heavy atom. The monoisotopic (exact) mass is 293 g/mol. The molecule has 0 saturated heterocycles. The van der Waals surface area contributed by atoms with E-state index in [1.165, 1.54) is 11.3 Å². The Kier molecular flexibility index (Phi) is 3.73. The standard InChI is InChI=1S/C11H14F3N3OS/c1-7(2)17(6-11(12,13)14)9-8(5-18)16-3-4-19-10(16)15-9/h3-4,7,18H,5-6H2,1-2H3. The molecule has 0 fully saturated rings. The normalized spacial score (nSPS) is 12.6. The van der Waals surface area contributed by atoms with Crippen molar-refractivity contribution < 1.29 is 18.3 Å². The van der Waals surface area contributed by atoms with Crippen molar-refractivity contribution in [2.75, 3.05) is 11.4 Å². The number of hydrogen-bond acceptors (Lipinski definition) is 4. The molecule has 19 heavy (non-hydrogen) atoms. The van der Waals surface area contributed by atoms with Gasteiger partial charge in [0.25, 0.3) is 0 Å². The molecule has 2 rings (SSSR count). The summed E-state index contributed by atoms with van der Waals surface area (Å²) in [5.74, 6) is 0.196. The first-order valence-electron chi connectivity index (χ1n) is 5.72. The molecular formula is C11H14F3N3OS. The fourth-order valence-electron chi connectivity index (χ4n) is 1.89. The molecule has 0 atom stereocenters. The van der Waals surface area contributed by atoms with E-state index in [-0.39, 0.29) is 18.5 Å². The highest BCUT2D eigenvalue weighted by Crippen LogP contribution is 2.29. The fraction of sp³-hybridized carbons (Fsp3) is 0.545. The maximum absolute atomic E-state index is 12.6. The van der Waals surface area contributed by atoms with Crippen LogP contribution in [-0.2, 0) is 6.61 Å². The van der Waals surface area contributed by atoms with Crippen LogP contribution in [0.1, 0.15) is 19.5 Å². The van der Waals surface area contributed by atoms with Gasteiger partial charge in [0.05, 0.1) is 12.3 Å². The van der Waals surface area contributed by atoms with Crippen LogP contribution in [0.25, 0.3) is 4.96 Å². The molecule has 2 aromatic rings. The molecule has 2 aromatic heterocycles. The Balaban J connectivity index is 2.46. The lowest BCUT2D eigenvalue weighted by atomic mass is 10.3. The number of halogens is 3. The van der Waals surface area contributed by atoms with E-state index in [1.807, 2.05) is 0 Å². The maximum Gasteiger partial charge on any atom is 0.405 e. The van der Waals surface area contributed by atoms with Crippen molar-refractivity contribution in [2.45, 2.75) is 32.7 Å². The third-order valence-electron chi connectivity index (χ3n) is 2.73. The molecule has 0 amide bonds. The SMILES string of the molecule is CC(C)N(CC(F)(F)F)c1nc2sccn2c1CO. The van der Waals surface area contributed by atoms with Crippen LogP contribution in [0, 0.1) is 0 Å². The van der Waals surface area contributed by atoms with Gasteiger partial charge in [0.2, 0.25) is 0 Å². The van der Waals surface area contributed by atoms with Gasteiger partial charge in [-0.15, -0.1) is 11.3 Å². The van der Waals surface area contributed by atoms with Gasteiger partial charge in [-0.05, 0) is 13.8 Å². The van der Waals surface area contributed by atoms with Gasteiger partial charge in [-0.3, -0.25) is 4.40 Å². The summed E-state index contributed by atoms with van der Waals surface area (Å²) >= 11 is 1.32. The van der Waals surface area contributed by atoms with Gasteiger partial charge in [-0.1, -0.05) is 0 Å². The lowest BCUT2D eigenvalue weighted by molar-refractivity contribution is -0.120. The Hall–Kier alpha value is -1.28. The second-order valence-electron chi connectivity index (χ2n) is 4.43. The van der Waals surface area contributed by atoms with Gasteiger partial charge in [0, 0.05) is 17.6 Å². The summed E-state index contributed by atoms with van der Waals surface area (Å²) in [5.41, 5.74) is 0.384. The lowest BCUT2D eigenvalue weighted by Gasteiger charge is -2.28. The zero-order valence-corrected chi connectivity index (χ0v) is 11.3. The Bertz CT molecular complexity index is 561. The van der Waals surface area contributed by atoms with Crippen molar-refractivity contribution in [3.05, 3.63) is 17.3 Å². The molecule has 0 radical (unpaired) electrons. The zero-order valence-electron chi connectivity index (χ0n) is 10.5. The summed E-state index contributed by atoms with van der Waals surface area (Å²) in [6.07, 6.45) is -2.62. The van der Waals surface area contributed by atoms with Crippen LogP contribution >= 0.6 is 11.3 Å². The van der Waals surface area contributed by atoms with E-state index in [0.717, 1.165) is 4.90 Å².